The Bertz CT molecular complexity index is 2420. The number of halogens is 4. The van der Waals surface area contributed by atoms with E-state index in [-0.39, 0.29) is 63.2 Å². The van der Waals surface area contributed by atoms with Crippen molar-refractivity contribution in [3.8, 4) is 34.0 Å². The first-order chi connectivity index (χ1) is 26.5. The van der Waals surface area contributed by atoms with Crippen molar-refractivity contribution in [2.45, 2.75) is 25.8 Å². The molecule has 0 bridgehead atoms. The Hall–Kier alpha value is -5.78. The number of amides is 1. The van der Waals surface area contributed by atoms with E-state index >= 15 is 0 Å². The molecule has 0 aliphatic rings. The van der Waals surface area contributed by atoms with Crippen LogP contribution in [0.4, 0.5) is 14.6 Å². The third kappa shape index (κ3) is 10.7. The topological polar surface area (TPSA) is 190 Å². The molecule has 0 saturated carbocycles. The molecular weight excluding hydrogens is 799 g/mol. The Morgan fingerprint density at radius 1 is 0.821 bits per heavy atom. The largest absolute Gasteiger partial charge is 0.493 e. The van der Waals surface area contributed by atoms with Crippen molar-refractivity contribution >= 4 is 50.9 Å². The number of esters is 1. The van der Waals surface area contributed by atoms with Crippen molar-refractivity contribution in [1.29, 1.82) is 0 Å². The SMILES string of the molecule is CC(C)COc1cc(F)cc(-c2cc(Cl)c(C(=O)OCC(C)COc3cc(F)cc(-c4cc(Cl)c(C(=O)NS(=O)(=O)c5cccc([N+](=O)[O-])n5)cn4)c3)cn2)c1. The smallest absolute Gasteiger partial charge is 0.364 e. The Morgan fingerprint density at radius 3 is 1.91 bits per heavy atom. The molecule has 292 valence electrons. The van der Waals surface area contributed by atoms with E-state index in [2.05, 4.69) is 15.0 Å². The maximum atomic E-state index is 14.7. The summed E-state index contributed by atoms with van der Waals surface area (Å²) < 4.78 is 72.7. The molecular formula is C37H31Cl2F2N5O9S. The van der Waals surface area contributed by atoms with E-state index in [9.17, 15) is 36.9 Å². The van der Waals surface area contributed by atoms with Crippen molar-refractivity contribution in [2.75, 3.05) is 19.8 Å². The van der Waals surface area contributed by atoms with E-state index in [0.29, 0.717) is 23.6 Å². The standard InChI is InChI=1S/C37H31Cl2F2N5O9S/c1-20(2)17-53-26-9-22(7-24(40)11-26)33-14-31(39)29(16-43-33)37(48)55-19-21(3)18-54-27-10-23(8-25(41)12-27)32-13-30(38)28(15-42-32)36(47)45-56(51,52)35-6-4-5-34(44-35)46(49)50/h4-16,20-21H,17-19H2,1-3H3,(H,45,47). The summed E-state index contributed by atoms with van der Waals surface area (Å²) in [7, 11) is -4.63. The van der Waals surface area contributed by atoms with Crippen LogP contribution in [0.3, 0.4) is 0 Å². The minimum Gasteiger partial charge on any atom is -0.493 e. The number of nitro groups is 1. The van der Waals surface area contributed by atoms with Crippen LogP contribution in [0.15, 0.2) is 84.1 Å². The van der Waals surface area contributed by atoms with Crippen molar-refractivity contribution < 1.29 is 45.9 Å². The van der Waals surface area contributed by atoms with Crippen molar-refractivity contribution in [3.63, 3.8) is 0 Å². The minimum absolute atomic E-state index is 0.0108. The van der Waals surface area contributed by atoms with Gasteiger partial charge in [-0.2, -0.15) is 8.42 Å². The highest BCUT2D eigenvalue weighted by Crippen LogP contribution is 2.30. The fourth-order valence-electron chi connectivity index (χ4n) is 4.81. The summed E-state index contributed by atoms with van der Waals surface area (Å²) >= 11 is 12.7. The Labute approximate surface area is 329 Å². The number of carbonyl (C=O) groups is 2. The molecule has 1 unspecified atom stereocenters. The number of nitrogens with one attached hydrogen (secondary N) is 1. The third-order valence-corrected chi connectivity index (χ3v) is 9.38. The van der Waals surface area contributed by atoms with E-state index in [1.54, 1.807) is 17.7 Å². The van der Waals surface area contributed by atoms with Gasteiger partial charge in [0, 0.05) is 53.7 Å². The molecule has 0 radical (unpaired) electrons. The van der Waals surface area contributed by atoms with Gasteiger partial charge >= 0.3 is 21.8 Å². The van der Waals surface area contributed by atoms with E-state index in [1.165, 1.54) is 36.5 Å². The molecule has 56 heavy (non-hydrogen) atoms. The van der Waals surface area contributed by atoms with Crippen LogP contribution in [0, 0.1) is 33.6 Å². The number of rotatable bonds is 15. The Kier molecular flexibility index (Phi) is 13.1. The lowest BCUT2D eigenvalue weighted by atomic mass is 10.1. The molecule has 2 aromatic carbocycles. The lowest BCUT2D eigenvalue weighted by molar-refractivity contribution is -0.390. The highest BCUT2D eigenvalue weighted by Gasteiger charge is 2.27. The number of hydrogen-bond donors (Lipinski definition) is 1. The summed E-state index contributed by atoms with van der Waals surface area (Å²) in [5.41, 5.74) is 0.658. The number of ether oxygens (including phenoxy) is 3. The van der Waals surface area contributed by atoms with Crippen LogP contribution in [0.5, 0.6) is 11.5 Å². The molecule has 14 nitrogen and oxygen atoms in total. The average Bonchev–Trinajstić information content (AvgIpc) is 3.14. The van der Waals surface area contributed by atoms with Gasteiger partial charge in [-0.3, -0.25) is 14.8 Å². The molecule has 0 spiro atoms. The third-order valence-electron chi connectivity index (χ3n) is 7.52. The number of aromatic nitrogens is 3. The highest BCUT2D eigenvalue weighted by atomic mass is 35.5. The number of nitrogens with zero attached hydrogens (tertiary/aromatic N) is 4. The van der Waals surface area contributed by atoms with Gasteiger partial charge in [0.1, 0.15) is 23.1 Å². The summed E-state index contributed by atoms with van der Waals surface area (Å²) in [6.45, 7) is 5.93. The van der Waals surface area contributed by atoms with Crippen LogP contribution in [0.1, 0.15) is 41.5 Å². The number of pyridine rings is 3. The number of benzene rings is 2. The molecule has 0 fully saturated rings. The van der Waals surface area contributed by atoms with Gasteiger partial charge in [-0.15, -0.1) is 0 Å². The molecule has 0 saturated heterocycles. The van der Waals surface area contributed by atoms with Crippen LogP contribution in [-0.2, 0) is 14.8 Å². The summed E-state index contributed by atoms with van der Waals surface area (Å²) in [5, 5.41) is 10.0. The average molecular weight is 831 g/mol. The second-order valence-corrected chi connectivity index (χ2v) is 15.1. The van der Waals surface area contributed by atoms with E-state index in [0.717, 1.165) is 36.5 Å². The first-order valence-electron chi connectivity index (χ1n) is 16.5. The van der Waals surface area contributed by atoms with Gasteiger partial charge in [0.15, 0.2) is 0 Å². The van der Waals surface area contributed by atoms with E-state index < -0.39 is 49.3 Å². The number of sulfonamides is 1. The van der Waals surface area contributed by atoms with Crippen LogP contribution in [0.2, 0.25) is 10.0 Å². The predicted octanol–water partition coefficient (Wildman–Crippen LogP) is 7.72. The maximum absolute atomic E-state index is 14.7. The van der Waals surface area contributed by atoms with Crippen LogP contribution >= 0.6 is 23.2 Å². The highest BCUT2D eigenvalue weighted by molar-refractivity contribution is 7.90. The lowest BCUT2D eigenvalue weighted by Crippen LogP contribution is -2.31. The first-order valence-corrected chi connectivity index (χ1v) is 18.8. The zero-order chi connectivity index (χ0) is 40.7. The van der Waals surface area contributed by atoms with Crippen molar-refractivity contribution in [3.05, 3.63) is 122 Å². The quantitative estimate of drug-likeness (QED) is 0.0615. The number of hydrogen-bond acceptors (Lipinski definition) is 12. The lowest BCUT2D eigenvalue weighted by Gasteiger charge is -2.15. The maximum Gasteiger partial charge on any atom is 0.364 e. The minimum atomic E-state index is -4.63. The van der Waals surface area contributed by atoms with Gasteiger partial charge in [-0.1, -0.05) is 44.0 Å². The molecule has 19 heteroatoms. The zero-order valence-corrected chi connectivity index (χ0v) is 32.0. The predicted molar refractivity (Wildman–Crippen MR) is 200 cm³/mol. The Balaban J connectivity index is 1.18. The van der Waals surface area contributed by atoms with Crippen LogP contribution < -0.4 is 14.2 Å². The number of carbonyl (C=O) groups excluding carboxylic acids is 2. The molecule has 1 amide bonds. The fraction of sp³-hybridized carbons (Fsp3) is 0.216. The Morgan fingerprint density at radius 2 is 1.38 bits per heavy atom. The first kappa shape index (κ1) is 41.4. The normalized spacial score (nSPS) is 11.9. The van der Waals surface area contributed by atoms with Crippen molar-refractivity contribution in [2.24, 2.45) is 11.8 Å². The molecule has 3 aromatic heterocycles. The van der Waals surface area contributed by atoms with E-state index in [4.69, 9.17) is 37.4 Å². The van der Waals surface area contributed by atoms with Gasteiger partial charge in [-0.05, 0) is 58.3 Å². The molecule has 5 aromatic rings. The molecule has 5 rings (SSSR count). The summed E-state index contributed by atoms with van der Waals surface area (Å²) in [4.78, 5) is 47.5. The van der Waals surface area contributed by atoms with E-state index in [1.807, 2.05) is 13.8 Å². The van der Waals surface area contributed by atoms with Gasteiger partial charge in [-0.25, -0.2) is 18.3 Å². The second-order valence-electron chi connectivity index (χ2n) is 12.7. The molecule has 1 N–H and O–H groups in total. The van der Waals surface area contributed by atoms with Gasteiger partial charge in [0.2, 0.25) is 0 Å². The molecule has 0 aliphatic heterocycles. The molecule has 0 aliphatic carbocycles. The molecule has 3 heterocycles. The van der Waals surface area contributed by atoms with Gasteiger partial charge in [0.05, 0.1) is 52.4 Å². The fourth-order valence-corrected chi connectivity index (χ4v) is 6.21. The second kappa shape index (κ2) is 17.8. The van der Waals surface area contributed by atoms with Gasteiger partial charge in [0.25, 0.3) is 10.9 Å². The molecule has 1 atom stereocenters. The van der Waals surface area contributed by atoms with Crippen LogP contribution in [0.25, 0.3) is 22.5 Å². The summed E-state index contributed by atoms with van der Waals surface area (Å²) in [5.74, 6) is -3.64. The van der Waals surface area contributed by atoms with Gasteiger partial charge < -0.3 is 24.3 Å². The summed E-state index contributed by atoms with van der Waals surface area (Å²) in [6.07, 6.45) is 2.20. The summed E-state index contributed by atoms with van der Waals surface area (Å²) in [6, 6.07) is 13.5. The van der Waals surface area contributed by atoms with Crippen LogP contribution in [-0.4, -0.2) is 60.0 Å². The zero-order valence-electron chi connectivity index (χ0n) is 29.7. The monoisotopic (exact) mass is 829 g/mol. The van der Waals surface area contributed by atoms with Crippen molar-refractivity contribution in [1.82, 2.24) is 19.7 Å².